The zero-order valence-electron chi connectivity index (χ0n) is 19.4. The summed E-state index contributed by atoms with van der Waals surface area (Å²) >= 11 is 5.79. The molecule has 1 aliphatic heterocycles. The number of halogens is 2. The number of anilines is 1. The number of Topliss-reactive ketones (excluding diaryl/α,β-unsaturated/α-hetero) is 1. The first kappa shape index (κ1) is 25.3. The van der Waals surface area contributed by atoms with Crippen molar-refractivity contribution in [3.8, 4) is 0 Å². The van der Waals surface area contributed by atoms with Crippen molar-refractivity contribution < 1.29 is 19.1 Å². The lowest BCUT2D eigenvalue weighted by molar-refractivity contribution is -0.132. The van der Waals surface area contributed by atoms with Gasteiger partial charge in [0.2, 0.25) is 5.13 Å². The molecular weight excluding hydrogens is 577 g/mol. The Morgan fingerprint density at radius 1 is 1.05 bits per heavy atom. The molecule has 6 nitrogen and oxygen atoms in total. The molecule has 3 aromatic carbocycles. The first-order valence-electron chi connectivity index (χ1n) is 11.2. The van der Waals surface area contributed by atoms with E-state index in [9.17, 15) is 19.1 Å². The quantitative estimate of drug-likeness (QED) is 0.0881. The Kier molecular flexibility index (Phi) is 7.23. The van der Waals surface area contributed by atoms with Crippen molar-refractivity contribution >= 4 is 61.6 Å². The Bertz CT molecular complexity index is 1520. The number of aromatic nitrogens is 2. The van der Waals surface area contributed by atoms with Gasteiger partial charge in [0.25, 0.3) is 5.78 Å². The van der Waals surface area contributed by atoms with Crippen LogP contribution in [0.1, 0.15) is 28.3 Å². The van der Waals surface area contributed by atoms with Crippen LogP contribution < -0.4 is 4.90 Å². The van der Waals surface area contributed by atoms with E-state index < -0.39 is 17.7 Å². The van der Waals surface area contributed by atoms with Gasteiger partial charge in [-0.2, -0.15) is 0 Å². The topological polar surface area (TPSA) is 83.4 Å². The van der Waals surface area contributed by atoms with E-state index in [-0.39, 0.29) is 22.3 Å². The number of ketones is 1. The number of rotatable bonds is 6. The molecule has 10 heteroatoms. The Labute approximate surface area is 229 Å². The van der Waals surface area contributed by atoms with E-state index in [4.69, 9.17) is 0 Å². The van der Waals surface area contributed by atoms with Crippen LogP contribution in [-0.2, 0) is 15.3 Å². The average Bonchev–Trinajstić information content (AvgIpc) is 3.46. The molecule has 2 heterocycles. The van der Waals surface area contributed by atoms with Crippen molar-refractivity contribution in [1.29, 1.82) is 0 Å². The molecule has 1 aliphatic rings. The summed E-state index contributed by atoms with van der Waals surface area (Å²) in [5.41, 5.74) is 2.58. The summed E-state index contributed by atoms with van der Waals surface area (Å²) in [5, 5.41) is 19.8. The van der Waals surface area contributed by atoms with Crippen LogP contribution in [0.3, 0.4) is 0 Å². The molecule has 0 bridgehead atoms. The smallest absolute Gasteiger partial charge is 0.301 e. The highest BCUT2D eigenvalue weighted by molar-refractivity contribution is 9.10. The van der Waals surface area contributed by atoms with Gasteiger partial charge in [0.15, 0.2) is 4.34 Å². The van der Waals surface area contributed by atoms with Crippen molar-refractivity contribution in [2.45, 2.75) is 23.1 Å². The standard InChI is InChI=1S/C27H19BrFN3O3S2/c1-15-6-8-16(9-7-15)22-21(23(33)17-10-12-19(28)13-11-17)24(34)25(35)32(22)26-30-31-27(37-26)36-14-18-4-2-3-5-20(18)29/h2-13,22,33H,14H2,1H3/b23-21-. The molecule has 0 saturated carbocycles. The summed E-state index contributed by atoms with van der Waals surface area (Å²) in [4.78, 5) is 27.8. The van der Waals surface area contributed by atoms with Gasteiger partial charge in [-0.3, -0.25) is 14.5 Å². The second-order valence-electron chi connectivity index (χ2n) is 8.32. The van der Waals surface area contributed by atoms with E-state index in [0.29, 0.717) is 26.8 Å². The van der Waals surface area contributed by atoms with E-state index in [2.05, 4.69) is 26.1 Å². The van der Waals surface area contributed by atoms with Crippen LogP contribution in [0.4, 0.5) is 9.52 Å². The fourth-order valence-corrected chi connectivity index (χ4v) is 6.09. The molecule has 5 rings (SSSR count). The van der Waals surface area contributed by atoms with Crippen molar-refractivity contribution in [2.75, 3.05) is 4.90 Å². The highest BCUT2D eigenvalue weighted by Gasteiger charge is 2.48. The van der Waals surface area contributed by atoms with E-state index in [1.807, 2.05) is 31.2 Å². The largest absolute Gasteiger partial charge is 0.507 e. The van der Waals surface area contributed by atoms with E-state index >= 15 is 0 Å². The molecule has 1 unspecified atom stereocenters. The minimum atomic E-state index is -0.887. The minimum absolute atomic E-state index is 0.0214. The summed E-state index contributed by atoms with van der Waals surface area (Å²) in [5.74, 6) is -1.84. The predicted octanol–water partition coefficient (Wildman–Crippen LogP) is 6.67. The Morgan fingerprint density at radius 2 is 1.76 bits per heavy atom. The number of nitrogens with zero attached hydrogens (tertiary/aromatic N) is 3. The fourth-order valence-electron chi connectivity index (χ4n) is 3.97. The summed E-state index contributed by atoms with van der Waals surface area (Å²) < 4.78 is 15.4. The number of aliphatic hydroxyl groups excluding tert-OH is 1. The third-order valence-electron chi connectivity index (χ3n) is 5.87. The number of aryl methyl sites for hydroxylation is 1. The summed E-state index contributed by atoms with van der Waals surface area (Å²) in [6, 6.07) is 19.8. The molecule has 0 aliphatic carbocycles. The number of benzene rings is 3. The third-order valence-corrected chi connectivity index (χ3v) is 8.50. The Balaban J connectivity index is 1.54. The normalized spacial score (nSPS) is 16.9. The Hall–Kier alpha value is -3.34. The summed E-state index contributed by atoms with van der Waals surface area (Å²) in [7, 11) is 0. The fraction of sp³-hybridized carbons (Fsp3) is 0.111. The molecule has 37 heavy (non-hydrogen) atoms. The van der Waals surface area contributed by atoms with E-state index in [1.165, 1.54) is 22.7 Å². The van der Waals surface area contributed by atoms with E-state index in [0.717, 1.165) is 21.4 Å². The maximum atomic E-state index is 14.0. The van der Waals surface area contributed by atoms with Gasteiger partial charge in [0.05, 0.1) is 11.6 Å². The molecule has 0 radical (unpaired) electrons. The molecule has 1 fully saturated rings. The maximum absolute atomic E-state index is 14.0. The first-order valence-corrected chi connectivity index (χ1v) is 13.8. The van der Waals surface area contributed by atoms with Crippen LogP contribution in [0.25, 0.3) is 5.76 Å². The third kappa shape index (κ3) is 5.09. The lowest BCUT2D eigenvalue weighted by Crippen LogP contribution is -2.29. The summed E-state index contributed by atoms with van der Waals surface area (Å²) in [6.07, 6.45) is 0. The molecule has 1 N–H and O–H groups in total. The highest BCUT2D eigenvalue weighted by atomic mass is 79.9. The number of carbonyl (C=O) groups excluding carboxylic acids is 2. The van der Waals surface area contributed by atoms with E-state index in [1.54, 1.807) is 42.5 Å². The van der Waals surface area contributed by atoms with Crippen LogP contribution >= 0.6 is 39.0 Å². The summed E-state index contributed by atoms with van der Waals surface area (Å²) in [6.45, 7) is 1.94. The van der Waals surface area contributed by atoms with Crippen LogP contribution in [0.2, 0.25) is 0 Å². The molecule has 0 spiro atoms. The molecule has 1 amide bonds. The monoisotopic (exact) mass is 595 g/mol. The minimum Gasteiger partial charge on any atom is -0.507 e. The van der Waals surface area contributed by atoms with Crippen LogP contribution in [0.15, 0.2) is 87.2 Å². The molecule has 186 valence electrons. The SMILES string of the molecule is Cc1ccc(C2/C(=C(/O)c3ccc(Br)cc3)C(=O)C(=O)N2c2nnc(SCc3ccccc3F)s2)cc1. The van der Waals surface area contributed by atoms with Gasteiger partial charge in [-0.15, -0.1) is 10.2 Å². The van der Waals surface area contributed by atoms with Crippen molar-refractivity contribution in [1.82, 2.24) is 10.2 Å². The molecule has 1 atom stereocenters. The lowest BCUT2D eigenvalue weighted by Gasteiger charge is -2.22. The molecular formula is C27H19BrFN3O3S2. The average molecular weight is 597 g/mol. The van der Waals surface area contributed by atoms with Crippen LogP contribution in [0.5, 0.6) is 0 Å². The predicted molar refractivity (Wildman–Crippen MR) is 146 cm³/mol. The number of thioether (sulfide) groups is 1. The molecule has 1 saturated heterocycles. The van der Waals surface area contributed by atoms with Gasteiger partial charge in [-0.1, -0.05) is 99.2 Å². The zero-order valence-corrected chi connectivity index (χ0v) is 22.6. The molecule has 4 aromatic rings. The van der Waals surface area contributed by atoms with Crippen LogP contribution in [0, 0.1) is 12.7 Å². The van der Waals surface area contributed by atoms with Gasteiger partial charge >= 0.3 is 5.91 Å². The van der Waals surface area contributed by atoms with Gasteiger partial charge in [0, 0.05) is 15.8 Å². The number of hydrogen-bond donors (Lipinski definition) is 1. The molecule has 1 aromatic heterocycles. The van der Waals surface area contributed by atoms with Crippen molar-refractivity contribution in [2.24, 2.45) is 0 Å². The number of aliphatic hydroxyl groups is 1. The van der Waals surface area contributed by atoms with Gasteiger partial charge in [-0.25, -0.2) is 4.39 Å². The lowest BCUT2D eigenvalue weighted by atomic mass is 9.95. The van der Waals surface area contributed by atoms with Crippen molar-refractivity contribution in [3.63, 3.8) is 0 Å². The number of amides is 1. The van der Waals surface area contributed by atoms with Gasteiger partial charge in [0.1, 0.15) is 11.6 Å². The Morgan fingerprint density at radius 3 is 2.46 bits per heavy atom. The zero-order chi connectivity index (χ0) is 26.1. The van der Waals surface area contributed by atoms with Gasteiger partial charge in [-0.05, 0) is 36.2 Å². The highest BCUT2D eigenvalue weighted by Crippen LogP contribution is 2.44. The number of carbonyl (C=O) groups is 2. The second-order valence-corrected chi connectivity index (χ2v) is 11.4. The first-order chi connectivity index (χ1) is 17.8. The van der Waals surface area contributed by atoms with Gasteiger partial charge < -0.3 is 5.11 Å². The van der Waals surface area contributed by atoms with Crippen LogP contribution in [-0.4, -0.2) is 27.0 Å². The second kappa shape index (κ2) is 10.6. The maximum Gasteiger partial charge on any atom is 0.301 e. The van der Waals surface area contributed by atoms with Crippen molar-refractivity contribution in [3.05, 3.63) is 111 Å². The number of hydrogen-bond acceptors (Lipinski definition) is 7.